The summed E-state index contributed by atoms with van der Waals surface area (Å²) in [6.45, 7) is 0.0783. The summed E-state index contributed by atoms with van der Waals surface area (Å²) in [5, 5.41) is 21.9. The van der Waals surface area contributed by atoms with Crippen molar-refractivity contribution in [2.24, 2.45) is 0 Å². The monoisotopic (exact) mass is 722 g/mol. The van der Waals surface area contributed by atoms with Gasteiger partial charge in [-0.05, 0) is 86.4 Å². The number of aryl methyl sites for hydroxylation is 1. The number of carbonyl (C=O) groups excluding carboxylic acids is 2. The number of alkyl halides is 5. The highest BCUT2D eigenvalue weighted by atomic mass is 19.4. The zero-order valence-electron chi connectivity index (χ0n) is 27.2. The molecule has 0 amide bonds. The van der Waals surface area contributed by atoms with E-state index >= 15 is 0 Å². The number of nitro groups is 2. The molecule has 0 saturated carbocycles. The number of nitro benzene ring substituents is 2. The van der Waals surface area contributed by atoms with Crippen LogP contribution in [-0.2, 0) is 26.8 Å². The van der Waals surface area contributed by atoms with E-state index in [-0.39, 0.29) is 30.9 Å². The van der Waals surface area contributed by atoms with Gasteiger partial charge in [-0.25, -0.2) is 9.59 Å². The van der Waals surface area contributed by atoms with Crippen molar-refractivity contribution in [2.45, 2.75) is 70.1 Å². The van der Waals surface area contributed by atoms with Crippen LogP contribution < -0.4 is 4.74 Å². The molecule has 0 fully saturated rings. The van der Waals surface area contributed by atoms with Crippen LogP contribution in [0, 0.1) is 20.2 Å². The van der Waals surface area contributed by atoms with Crippen molar-refractivity contribution in [3.8, 4) is 5.75 Å². The van der Waals surface area contributed by atoms with Gasteiger partial charge in [0.25, 0.3) is 11.4 Å². The molecule has 0 saturated heterocycles. The quantitative estimate of drug-likeness (QED) is 0.0278. The number of ether oxygens (including phenoxy) is 3. The van der Waals surface area contributed by atoms with Crippen molar-refractivity contribution in [1.82, 2.24) is 0 Å². The molecule has 3 aromatic carbocycles. The topological polar surface area (TPSA) is 148 Å². The van der Waals surface area contributed by atoms with Crippen LogP contribution in [0.5, 0.6) is 5.75 Å². The van der Waals surface area contributed by atoms with Crippen LogP contribution in [-0.4, -0.2) is 41.2 Å². The molecule has 16 heteroatoms. The van der Waals surface area contributed by atoms with Gasteiger partial charge in [0.1, 0.15) is 5.75 Å². The number of carbonyl (C=O) groups is 2. The Bertz CT molecular complexity index is 1630. The van der Waals surface area contributed by atoms with E-state index in [4.69, 9.17) is 14.2 Å². The fourth-order valence-corrected chi connectivity index (χ4v) is 4.67. The van der Waals surface area contributed by atoms with E-state index in [1.807, 2.05) is 0 Å². The number of nitrogens with zero attached hydrogens (tertiary/aromatic N) is 2. The number of rotatable bonds is 20. The summed E-state index contributed by atoms with van der Waals surface area (Å²) in [6.07, 6.45) is -2.44. The molecule has 3 rings (SSSR count). The maximum absolute atomic E-state index is 14.8. The SMILES string of the molecule is O=C(/C=C/c1ccc(C(F)(F)Oc2ccc(CCCCCC(F)(F)F)cc2)cc1)OCCCCCCOC(=O)c1cc([N+](=O)[O-])cc([N+](=O)[O-])c1. The summed E-state index contributed by atoms with van der Waals surface area (Å²) in [6, 6.07) is 13.5. The zero-order valence-corrected chi connectivity index (χ0v) is 27.2. The first-order valence-corrected chi connectivity index (χ1v) is 15.9. The predicted molar refractivity (Wildman–Crippen MR) is 174 cm³/mol. The van der Waals surface area contributed by atoms with Gasteiger partial charge in [-0.2, -0.15) is 22.0 Å². The Labute approximate surface area is 289 Å². The molecular weight excluding hydrogens is 687 g/mol. The van der Waals surface area contributed by atoms with Gasteiger partial charge < -0.3 is 14.2 Å². The Hall–Kier alpha value is -5.41. The first kappa shape index (κ1) is 40.0. The van der Waals surface area contributed by atoms with Crippen molar-refractivity contribution in [1.29, 1.82) is 0 Å². The van der Waals surface area contributed by atoms with E-state index in [0.29, 0.717) is 50.5 Å². The fraction of sp³-hybridized carbons (Fsp3) is 0.371. The van der Waals surface area contributed by atoms with E-state index in [9.17, 15) is 51.8 Å². The van der Waals surface area contributed by atoms with E-state index in [1.165, 1.54) is 30.3 Å². The lowest BCUT2D eigenvalue weighted by atomic mass is 10.1. The second-order valence-electron chi connectivity index (χ2n) is 11.4. The molecule has 0 heterocycles. The first-order valence-electron chi connectivity index (χ1n) is 15.9. The van der Waals surface area contributed by atoms with Gasteiger partial charge in [-0.3, -0.25) is 20.2 Å². The Morgan fingerprint density at radius 2 is 1.27 bits per heavy atom. The lowest BCUT2D eigenvalue weighted by Crippen LogP contribution is -2.21. The van der Waals surface area contributed by atoms with Gasteiger partial charge in [0.05, 0.1) is 40.3 Å². The molecule has 0 atom stereocenters. The van der Waals surface area contributed by atoms with Crippen molar-refractivity contribution in [2.75, 3.05) is 13.2 Å². The number of halogens is 5. The van der Waals surface area contributed by atoms with Gasteiger partial charge in [0, 0.05) is 24.6 Å². The summed E-state index contributed by atoms with van der Waals surface area (Å²) in [5.41, 5.74) is -0.685. The lowest BCUT2D eigenvalue weighted by Gasteiger charge is -2.18. The average molecular weight is 723 g/mol. The van der Waals surface area contributed by atoms with Gasteiger partial charge in [0.15, 0.2) is 0 Å². The highest BCUT2D eigenvalue weighted by Gasteiger charge is 2.34. The average Bonchev–Trinajstić information content (AvgIpc) is 3.08. The second-order valence-corrected chi connectivity index (χ2v) is 11.4. The van der Waals surface area contributed by atoms with Gasteiger partial charge in [-0.1, -0.05) is 30.7 Å². The molecule has 51 heavy (non-hydrogen) atoms. The lowest BCUT2D eigenvalue weighted by molar-refractivity contribution is -0.394. The summed E-state index contributed by atoms with van der Waals surface area (Å²) in [4.78, 5) is 44.5. The molecule has 11 nitrogen and oxygen atoms in total. The zero-order chi connectivity index (χ0) is 37.4. The Morgan fingerprint density at radius 3 is 1.84 bits per heavy atom. The molecule has 0 aliphatic carbocycles. The van der Waals surface area contributed by atoms with Crippen molar-refractivity contribution >= 4 is 29.4 Å². The second kappa shape index (κ2) is 19.1. The molecule has 0 aliphatic rings. The van der Waals surface area contributed by atoms with Crippen LogP contribution in [0.1, 0.15) is 78.4 Å². The van der Waals surface area contributed by atoms with E-state index in [0.717, 1.165) is 42.0 Å². The molecule has 0 bridgehead atoms. The van der Waals surface area contributed by atoms with Crippen molar-refractivity contribution in [3.05, 3.63) is 115 Å². The normalized spacial score (nSPS) is 11.7. The first-order chi connectivity index (χ1) is 24.1. The molecule has 0 unspecified atom stereocenters. The third-order valence-corrected chi connectivity index (χ3v) is 7.33. The van der Waals surface area contributed by atoms with E-state index < -0.39 is 57.4 Å². The highest BCUT2D eigenvalue weighted by molar-refractivity contribution is 5.91. The number of esters is 2. The maximum Gasteiger partial charge on any atom is 0.426 e. The van der Waals surface area contributed by atoms with Crippen LogP contribution >= 0.6 is 0 Å². The van der Waals surface area contributed by atoms with E-state index in [2.05, 4.69) is 0 Å². The van der Waals surface area contributed by atoms with Crippen LogP contribution in [0.3, 0.4) is 0 Å². The third kappa shape index (κ3) is 14.5. The van der Waals surface area contributed by atoms with Crippen LogP contribution in [0.25, 0.3) is 6.08 Å². The minimum atomic E-state index is -4.17. The summed E-state index contributed by atoms with van der Waals surface area (Å²) < 4.78 is 81.3. The molecule has 0 radical (unpaired) electrons. The highest BCUT2D eigenvalue weighted by Crippen LogP contribution is 2.32. The van der Waals surface area contributed by atoms with Gasteiger partial charge >= 0.3 is 24.2 Å². The third-order valence-electron chi connectivity index (χ3n) is 7.33. The Morgan fingerprint density at radius 1 is 0.706 bits per heavy atom. The minimum Gasteiger partial charge on any atom is -0.463 e. The molecule has 3 aromatic rings. The Balaban J connectivity index is 1.32. The standard InChI is InChI=1S/C35H35F5N2O9/c36-34(37,38)19-5-3-4-8-25-11-16-31(17-12-25)51-35(39,40)28-14-9-26(10-15-28)13-18-32(43)49-20-6-1-2-7-21-50-33(44)27-22-29(41(45)46)24-30(23-27)42(47)48/h9-18,22-24H,1-8,19-21H2/b18-13+. The fourth-order valence-electron chi connectivity index (χ4n) is 4.67. The van der Waals surface area contributed by atoms with Crippen LogP contribution in [0.15, 0.2) is 72.8 Å². The van der Waals surface area contributed by atoms with Crippen molar-refractivity contribution in [3.63, 3.8) is 0 Å². The predicted octanol–water partition coefficient (Wildman–Crippen LogP) is 9.27. The molecule has 0 spiro atoms. The van der Waals surface area contributed by atoms with E-state index in [1.54, 1.807) is 12.1 Å². The van der Waals surface area contributed by atoms with Gasteiger partial charge in [0.2, 0.25) is 0 Å². The number of benzene rings is 3. The number of hydrogen-bond acceptors (Lipinski definition) is 9. The van der Waals surface area contributed by atoms with Crippen molar-refractivity contribution < 1.29 is 55.6 Å². The van der Waals surface area contributed by atoms with Gasteiger partial charge in [-0.15, -0.1) is 0 Å². The molecule has 274 valence electrons. The molecule has 0 aliphatic heterocycles. The molecule has 0 N–H and O–H groups in total. The summed E-state index contributed by atoms with van der Waals surface area (Å²) in [7, 11) is 0. The number of non-ortho nitro benzene ring substituents is 2. The summed E-state index contributed by atoms with van der Waals surface area (Å²) in [5.74, 6) is -1.65. The van der Waals surface area contributed by atoms with Crippen LogP contribution in [0.2, 0.25) is 0 Å². The molecular formula is C35H35F5N2O9. The van der Waals surface area contributed by atoms with Crippen LogP contribution in [0.4, 0.5) is 33.3 Å². The number of unbranched alkanes of at least 4 members (excludes halogenated alkanes) is 5. The number of hydrogen-bond donors (Lipinski definition) is 0. The Kier molecular flexibility index (Phi) is 15.0. The smallest absolute Gasteiger partial charge is 0.426 e. The molecule has 0 aromatic heterocycles. The largest absolute Gasteiger partial charge is 0.463 e. The maximum atomic E-state index is 14.8. The summed E-state index contributed by atoms with van der Waals surface area (Å²) >= 11 is 0. The minimum absolute atomic E-state index is 0.0246.